The third-order valence-electron chi connectivity index (χ3n) is 2.40. The van der Waals surface area contributed by atoms with E-state index < -0.39 is 0 Å². The maximum atomic E-state index is 11.3. The highest BCUT2D eigenvalue weighted by atomic mass is 16.5. The average Bonchev–Trinajstić information content (AvgIpc) is 2.14. The maximum absolute atomic E-state index is 11.3. The quantitative estimate of drug-likeness (QED) is 0.633. The number of esters is 1. The van der Waals surface area contributed by atoms with Crippen molar-refractivity contribution in [1.82, 2.24) is 0 Å². The van der Waals surface area contributed by atoms with Crippen LogP contribution in [-0.4, -0.2) is 18.6 Å². The molecule has 3 nitrogen and oxygen atoms in total. The number of carbonyl (C=O) groups is 1. The molecule has 0 saturated heterocycles. The van der Waals surface area contributed by atoms with E-state index in [0.717, 1.165) is 25.7 Å². The zero-order valence-electron chi connectivity index (χ0n) is 10.3. The Balaban J connectivity index is 3.72. The minimum absolute atomic E-state index is 0.00312. The van der Waals surface area contributed by atoms with E-state index in [-0.39, 0.29) is 12.1 Å². The van der Waals surface area contributed by atoms with Crippen molar-refractivity contribution in [2.45, 2.75) is 59.0 Å². The van der Waals surface area contributed by atoms with Crippen molar-refractivity contribution < 1.29 is 9.53 Å². The molecule has 0 aliphatic rings. The summed E-state index contributed by atoms with van der Waals surface area (Å²) in [5, 5.41) is 0. The van der Waals surface area contributed by atoms with Gasteiger partial charge in [-0.25, -0.2) is 0 Å². The molecule has 90 valence electrons. The van der Waals surface area contributed by atoms with Crippen LogP contribution in [-0.2, 0) is 9.53 Å². The molecule has 1 unspecified atom stereocenters. The molecule has 15 heavy (non-hydrogen) atoms. The van der Waals surface area contributed by atoms with Crippen LogP contribution in [0.3, 0.4) is 0 Å². The predicted molar refractivity (Wildman–Crippen MR) is 62.5 cm³/mol. The summed E-state index contributed by atoms with van der Waals surface area (Å²) in [5.74, 6) is 0.503. The van der Waals surface area contributed by atoms with E-state index in [1.165, 1.54) is 0 Å². The zero-order valence-corrected chi connectivity index (χ0v) is 10.3. The van der Waals surface area contributed by atoms with Crippen LogP contribution in [0.1, 0.15) is 52.9 Å². The molecule has 0 aromatic rings. The van der Waals surface area contributed by atoms with Gasteiger partial charge in [-0.3, -0.25) is 4.79 Å². The molecule has 0 radical (unpaired) electrons. The van der Waals surface area contributed by atoms with E-state index >= 15 is 0 Å². The molecule has 0 fully saturated rings. The molecular weight excluding hydrogens is 190 g/mol. The van der Waals surface area contributed by atoms with Crippen molar-refractivity contribution in [3.8, 4) is 0 Å². The summed E-state index contributed by atoms with van der Waals surface area (Å²) in [7, 11) is 0. The first kappa shape index (κ1) is 14.4. The van der Waals surface area contributed by atoms with Gasteiger partial charge >= 0.3 is 5.97 Å². The van der Waals surface area contributed by atoms with E-state index in [0.29, 0.717) is 18.9 Å². The van der Waals surface area contributed by atoms with Crippen LogP contribution < -0.4 is 5.73 Å². The van der Waals surface area contributed by atoms with Gasteiger partial charge in [-0.1, -0.05) is 19.8 Å². The Bertz CT molecular complexity index is 163. The molecular formula is C12H25NO2. The Hall–Kier alpha value is -0.570. The van der Waals surface area contributed by atoms with E-state index in [4.69, 9.17) is 10.5 Å². The minimum atomic E-state index is -0.0804. The number of carbonyl (C=O) groups excluding carboxylic acids is 1. The van der Waals surface area contributed by atoms with Crippen LogP contribution in [0.15, 0.2) is 0 Å². The number of ether oxygens (including phenoxy) is 1. The van der Waals surface area contributed by atoms with Gasteiger partial charge in [0, 0.05) is 6.42 Å². The normalized spacial score (nSPS) is 12.9. The zero-order chi connectivity index (χ0) is 11.7. The largest absolute Gasteiger partial charge is 0.463 e. The number of rotatable bonds is 8. The van der Waals surface area contributed by atoms with Crippen LogP contribution in [0.5, 0.6) is 0 Å². The lowest BCUT2D eigenvalue weighted by atomic mass is 9.94. The van der Waals surface area contributed by atoms with Crippen LogP contribution in [0.25, 0.3) is 0 Å². The molecule has 0 bridgehead atoms. The summed E-state index contributed by atoms with van der Waals surface area (Å²) in [5.41, 5.74) is 5.53. The second kappa shape index (κ2) is 8.72. The van der Waals surface area contributed by atoms with E-state index in [1.807, 2.05) is 13.8 Å². The van der Waals surface area contributed by atoms with Gasteiger partial charge in [-0.05, 0) is 39.2 Å². The fraction of sp³-hybridized carbons (Fsp3) is 0.917. The van der Waals surface area contributed by atoms with Crippen molar-refractivity contribution in [2.24, 2.45) is 11.7 Å². The summed E-state index contributed by atoms with van der Waals surface area (Å²) in [6.07, 6.45) is 4.77. The Labute approximate surface area is 93.4 Å². The molecule has 1 atom stereocenters. The second-order valence-electron chi connectivity index (χ2n) is 4.31. The van der Waals surface area contributed by atoms with Gasteiger partial charge in [-0.15, -0.1) is 0 Å². The molecule has 0 aliphatic heterocycles. The molecule has 0 aliphatic carbocycles. The van der Waals surface area contributed by atoms with E-state index in [9.17, 15) is 4.79 Å². The average molecular weight is 215 g/mol. The topological polar surface area (TPSA) is 52.3 Å². The summed E-state index contributed by atoms with van der Waals surface area (Å²) in [6.45, 7) is 6.63. The molecule has 0 saturated carbocycles. The second-order valence-corrected chi connectivity index (χ2v) is 4.31. The first-order valence-corrected chi connectivity index (χ1v) is 5.99. The Morgan fingerprint density at radius 2 is 1.93 bits per heavy atom. The summed E-state index contributed by atoms with van der Waals surface area (Å²) in [6, 6.07) is 0. The Morgan fingerprint density at radius 1 is 1.27 bits per heavy atom. The summed E-state index contributed by atoms with van der Waals surface area (Å²) in [4.78, 5) is 11.3. The van der Waals surface area contributed by atoms with Gasteiger partial charge in [0.05, 0.1) is 6.10 Å². The van der Waals surface area contributed by atoms with Gasteiger partial charge in [0.15, 0.2) is 0 Å². The fourth-order valence-corrected chi connectivity index (χ4v) is 1.72. The minimum Gasteiger partial charge on any atom is -0.463 e. The monoisotopic (exact) mass is 215 g/mol. The summed E-state index contributed by atoms with van der Waals surface area (Å²) >= 11 is 0. The van der Waals surface area contributed by atoms with Gasteiger partial charge in [0.1, 0.15) is 0 Å². The van der Waals surface area contributed by atoms with Crippen molar-refractivity contribution in [3.63, 3.8) is 0 Å². The maximum Gasteiger partial charge on any atom is 0.306 e. The van der Waals surface area contributed by atoms with Crippen LogP contribution >= 0.6 is 0 Å². The molecule has 0 spiro atoms. The van der Waals surface area contributed by atoms with Crippen molar-refractivity contribution >= 4 is 5.97 Å². The van der Waals surface area contributed by atoms with Gasteiger partial charge < -0.3 is 10.5 Å². The van der Waals surface area contributed by atoms with Gasteiger partial charge in [-0.2, -0.15) is 0 Å². The molecule has 0 heterocycles. The Kier molecular flexibility index (Phi) is 8.38. The number of nitrogens with two attached hydrogens (primary N) is 1. The molecule has 0 rings (SSSR count). The molecule has 0 aromatic heterocycles. The highest BCUT2D eigenvalue weighted by Crippen LogP contribution is 2.17. The molecule has 0 aromatic carbocycles. The molecule has 2 N–H and O–H groups in total. The Morgan fingerprint density at radius 3 is 2.40 bits per heavy atom. The highest BCUT2D eigenvalue weighted by molar-refractivity contribution is 5.69. The lowest BCUT2D eigenvalue weighted by Crippen LogP contribution is -2.14. The SMILES string of the molecule is CCCC(CCN)CCC(=O)OC(C)C. The molecule has 3 heteroatoms. The third-order valence-corrected chi connectivity index (χ3v) is 2.40. The number of hydrogen-bond acceptors (Lipinski definition) is 3. The van der Waals surface area contributed by atoms with Gasteiger partial charge in [0.2, 0.25) is 0 Å². The smallest absolute Gasteiger partial charge is 0.306 e. The van der Waals surface area contributed by atoms with E-state index in [1.54, 1.807) is 0 Å². The lowest BCUT2D eigenvalue weighted by Gasteiger charge is -2.15. The number of hydrogen-bond donors (Lipinski definition) is 1. The molecule has 0 amide bonds. The van der Waals surface area contributed by atoms with Crippen molar-refractivity contribution in [3.05, 3.63) is 0 Å². The highest BCUT2D eigenvalue weighted by Gasteiger charge is 2.11. The lowest BCUT2D eigenvalue weighted by molar-refractivity contribution is -0.147. The first-order chi connectivity index (χ1) is 7.10. The van der Waals surface area contributed by atoms with Crippen LogP contribution in [0.2, 0.25) is 0 Å². The van der Waals surface area contributed by atoms with Crippen LogP contribution in [0.4, 0.5) is 0 Å². The van der Waals surface area contributed by atoms with Crippen LogP contribution in [0, 0.1) is 5.92 Å². The third kappa shape index (κ3) is 8.43. The fourth-order valence-electron chi connectivity index (χ4n) is 1.72. The summed E-state index contributed by atoms with van der Waals surface area (Å²) < 4.78 is 5.09. The van der Waals surface area contributed by atoms with E-state index in [2.05, 4.69) is 6.92 Å². The van der Waals surface area contributed by atoms with Crippen molar-refractivity contribution in [1.29, 1.82) is 0 Å². The predicted octanol–water partition coefficient (Wildman–Crippen LogP) is 2.48. The van der Waals surface area contributed by atoms with Gasteiger partial charge in [0.25, 0.3) is 0 Å². The first-order valence-electron chi connectivity index (χ1n) is 5.99. The van der Waals surface area contributed by atoms with Crippen molar-refractivity contribution in [2.75, 3.05) is 6.54 Å². The standard InChI is InChI=1S/C12H25NO2/c1-4-5-11(8-9-13)6-7-12(14)15-10(2)3/h10-11H,4-9,13H2,1-3H3.